The number of halogens is 1. The lowest BCUT2D eigenvalue weighted by molar-refractivity contribution is -0.140. The number of nitrogens with zero attached hydrogens (tertiary/aromatic N) is 1. The van der Waals surface area contributed by atoms with Crippen LogP contribution in [0.3, 0.4) is 0 Å². The third kappa shape index (κ3) is 4.93. The molecule has 1 aliphatic heterocycles. The van der Waals surface area contributed by atoms with Crippen molar-refractivity contribution in [2.45, 2.75) is 13.0 Å². The van der Waals surface area contributed by atoms with Crippen LogP contribution in [-0.4, -0.2) is 49.4 Å². The lowest BCUT2D eigenvalue weighted by Crippen LogP contribution is -2.46. The lowest BCUT2D eigenvalue weighted by atomic mass is 9.94. The van der Waals surface area contributed by atoms with Crippen LogP contribution in [0.5, 0.6) is 17.2 Å². The van der Waals surface area contributed by atoms with Crippen LogP contribution in [0, 0.1) is 0 Å². The molecule has 9 heteroatoms. The van der Waals surface area contributed by atoms with Crippen LogP contribution in [0.15, 0.2) is 58.2 Å². The van der Waals surface area contributed by atoms with Crippen molar-refractivity contribution in [2.24, 2.45) is 0 Å². The van der Waals surface area contributed by atoms with Gasteiger partial charge in [-0.25, -0.2) is 9.59 Å². The van der Waals surface area contributed by atoms with E-state index in [0.29, 0.717) is 21.5 Å². The summed E-state index contributed by atoms with van der Waals surface area (Å²) in [7, 11) is 2.99. The average Bonchev–Trinajstić information content (AvgIpc) is 2.77. The van der Waals surface area contributed by atoms with Gasteiger partial charge in [-0.05, 0) is 52.7 Å². The summed E-state index contributed by atoms with van der Waals surface area (Å²) >= 11 is 3.27. The van der Waals surface area contributed by atoms with E-state index < -0.39 is 12.0 Å². The van der Waals surface area contributed by atoms with Crippen molar-refractivity contribution in [3.05, 3.63) is 63.8 Å². The van der Waals surface area contributed by atoms with Crippen LogP contribution in [0.2, 0.25) is 0 Å². The highest BCUT2D eigenvalue weighted by Crippen LogP contribution is 2.40. The number of allylic oxidation sites excluding steroid dienone is 1. The Labute approximate surface area is 188 Å². The van der Waals surface area contributed by atoms with Gasteiger partial charge < -0.3 is 29.5 Å². The number of aromatic hydroxyl groups is 1. The molecule has 0 aliphatic carbocycles. The first-order valence-corrected chi connectivity index (χ1v) is 10.3. The minimum absolute atomic E-state index is 0.0392. The Morgan fingerprint density at radius 1 is 1.23 bits per heavy atom. The first-order valence-electron chi connectivity index (χ1n) is 9.49. The monoisotopic (exact) mass is 490 g/mol. The Bertz CT molecular complexity index is 1010. The summed E-state index contributed by atoms with van der Waals surface area (Å²) in [4.78, 5) is 26.7. The predicted molar refractivity (Wildman–Crippen MR) is 117 cm³/mol. The van der Waals surface area contributed by atoms with E-state index in [2.05, 4.69) is 21.2 Å². The molecule has 0 saturated heterocycles. The average molecular weight is 491 g/mol. The fraction of sp³-hybridized carbons (Fsp3) is 0.273. The fourth-order valence-corrected chi connectivity index (χ4v) is 3.61. The summed E-state index contributed by atoms with van der Waals surface area (Å²) in [6.07, 6.45) is 0. The highest BCUT2D eigenvalue weighted by atomic mass is 79.9. The van der Waals surface area contributed by atoms with Gasteiger partial charge in [-0.3, -0.25) is 0 Å². The summed E-state index contributed by atoms with van der Waals surface area (Å²) in [5.41, 5.74) is 1.29. The van der Waals surface area contributed by atoms with E-state index >= 15 is 0 Å². The van der Waals surface area contributed by atoms with E-state index in [1.54, 1.807) is 26.1 Å². The van der Waals surface area contributed by atoms with Gasteiger partial charge in [0.1, 0.15) is 19.0 Å². The maximum absolute atomic E-state index is 13.0. The summed E-state index contributed by atoms with van der Waals surface area (Å²) in [5, 5.41) is 12.9. The molecule has 0 radical (unpaired) electrons. The van der Waals surface area contributed by atoms with Gasteiger partial charge in [0, 0.05) is 12.7 Å². The molecular formula is C22H23BrN2O6. The van der Waals surface area contributed by atoms with Gasteiger partial charge in [0.15, 0.2) is 11.5 Å². The van der Waals surface area contributed by atoms with Crippen LogP contribution < -0.4 is 14.8 Å². The van der Waals surface area contributed by atoms with Gasteiger partial charge in [0.05, 0.1) is 23.2 Å². The minimum Gasteiger partial charge on any atom is -0.503 e. The Kier molecular flexibility index (Phi) is 7.06. The highest BCUT2D eigenvalue weighted by Gasteiger charge is 2.35. The normalized spacial score (nSPS) is 16.1. The molecule has 2 aromatic rings. The summed E-state index contributed by atoms with van der Waals surface area (Å²) in [6, 6.07) is 11.2. The number of carbonyl (C=O) groups is 2. The zero-order valence-corrected chi connectivity index (χ0v) is 18.9. The van der Waals surface area contributed by atoms with Crippen molar-refractivity contribution >= 4 is 27.9 Å². The Morgan fingerprint density at radius 3 is 2.61 bits per heavy atom. The summed E-state index contributed by atoms with van der Waals surface area (Å²) < 4.78 is 16.6. The molecule has 8 nitrogen and oxygen atoms in total. The van der Waals surface area contributed by atoms with Crippen LogP contribution in [0.25, 0.3) is 0 Å². The number of hydrogen-bond donors (Lipinski definition) is 2. The van der Waals surface area contributed by atoms with Gasteiger partial charge in [0.25, 0.3) is 0 Å². The maximum atomic E-state index is 13.0. The number of amides is 2. The molecule has 0 aromatic heterocycles. The Hall–Kier alpha value is -3.20. The molecule has 0 saturated carbocycles. The molecule has 1 aliphatic rings. The van der Waals surface area contributed by atoms with Crippen molar-refractivity contribution in [3.63, 3.8) is 0 Å². The number of benzene rings is 2. The molecule has 2 aromatic carbocycles. The van der Waals surface area contributed by atoms with E-state index in [1.165, 1.54) is 12.0 Å². The minimum atomic E-state index is -0.781. The zero-order chi connectivity index (χ0) is 22.5. The number of phenols is 1. The number of carbonyl (C=O) groups excluding carboxylic acids is 2. The number of para-hydroxylation sites is 1. The number of phenolic OH excluding ortho intramolecular Hbond substituents is 1. The third-order valence-corrected chi connectivity index (χ3v) is 5.51. The largest absolute Gasteiger partial charge is 0.503 e. The van der Waals surface area contributed by atoms with Gasteiger partial charge in [-0.2, -0.15) is 0 Å². The smallest absolute Gasteiger partial charge is 0.338 e. The molecule has 2 amide bonds. The molecule has 0 bridgehead atoms. The number of nitrogens with one attached hydrogen (secondary N) is 1. The van der Waals surface area contributed by atoms with E-state index in [1.807, 2.05) is 30.3 Å². The molecule has 2 N–H and O–H groups in total. The molecule has 164 valence electrons. The molecule has 0 fully saturated rings. The van der Waals surface area contributed by atoms with Gasteiger partial charge in [-0.1, -0.05) is 18.2 Å². The highest BCUT2D eigenvalue weighted by molar-refractivity contribution is 9.10. The molecule has 0 spiro atoms. The van der Waals surface area contributed by atoms with Crippen molar-refractivity contribution < 1.29 is 28.9 Å². The lowest BCUT2D eigenvalue weighted by Gasteiger charge is -2.33. The quantitative estimate of drug-likeness (QED) is 0.453. The molecule has 1 unspecified atom stereocenters. The summed E-state index contributed by atoms with van der Waals surface area (Å²) in [5.74, 6) is 0.235. The number of rotatable bonds is 7. The van der Waals surface area contributed by atoms with Crippen molar-refractivity contribution in [3.8, 4) is 17.2 Å². The van der Waals surface area contributed by atoms with E-state index in [-0.39, 0.29) is 36.3 Å². The molecule has 1 atom stereocenters. The number of methoxy groups -OCH3 is 1. The number of ether oxygens (including phenoxy) is 3. The Morgan fingerprint density at radius 2 is 1.94 bits per heavy atom. The number of esters is 1. The van der Waals surface area contributed by atoms with Crippen LogP contribution in [0.1, 0.15) is 18.5 Å². The predicted octanol–water partition coefficient (Wildman–Crippen LogP) is 3.76. The van der Waals surface area contributed by atoms with Gasteiger partial charge in [0.2, 0.25) is 0 Å². The third-order valence-electron chi connectivity index (χ3n) is 4.91. The second kappa shape index (κ2) is 9.74. The molecule has 3 rings (SSSR count). The van der Waals surface area contributed by atoms with E-state index in [4.69, 9.17) is 14.2 Å². The fourth-order valence-electron chi connectivity index (χ4n) is 3.15. The van der Waals surface area contributed by atoms with Crippen LogP contribution >= 0.6 is 15.9 Å². The van der Waals surface area contributed by atoms with Crippen molar-refractivity contribution in [1.82, 2.24) is 10.2 Å². The molecule has 31 heavy (non-hydrogen) atoms. The first kappa shape index (κ1) is 22.5. The maximum Gasteiger partial charge on any atom is 0.338 e. The van der Waals surface area contributed by atoms with E-state index in [9.17, 15) is 14.7 Å². The first-order chi connectivity index (χ1) is 14.8. The molecular weight excluding hydrogens is 468 g/mol. The Balaban J connectivity index is 1.81. The standard InChI is InChI=1S/C22H23BrN2O6/c1-13-18(21(27)31-10-9-30-15-7-5-4-6-8-15)19(24-22(28)25(13)2)14-11-16(23)20(26)17(12-14)29-3/h4-8,11-12,19,26H,9-10H2,1-3H3,(H,24,28). The van der Waals surface area contributed by atoms with Gasteiger partial charge in [-0.15, -0.1) is 0 Å². The van der Waals surface area contributed by atoms with E-state index in [0.717, 1.165) is 0 Å². The SMILES string of the molecule is COc1cc(C2NC(=O)N(C)C(C)=C2C(=O)OCCOc2ccccc2)cc(Br)c1O. The second-order valence-corrected chi connectivity index (χ2v) is 7.65. The second-order valence-electron chi connectivity index (χ2n) is 6.79. The topological polar surface area (TPSA) is 97.3 Å². The summed E-state index contributed by atoms with van der Waals surface area (Å²) in [6.45, 7) is 1.90. The zero-order valence-electron chi connectivity index (χ0n) is 17.3. The van der Waals surface area contributed by atoms with Crippen molar-refractivity contribution in [1.29, 1.82) is 0 Å². The van der Waals surface area contributed by atoms with Crippen LogP contribution in [-0.2, 0) is 9.53 Å². The number of urea groups is 1. The molecule has 1 heterocycles. The van der Waals surface area contributed by atoms with Crippen LogP contribution in [0.4, 0.5) is 4.79 Å². The van der Waals surface area contributed by atoms with Crippen molar-refractivity contribution in [2.75, 3.05) is 27.4 Å². The number of hydrogen-bond acceptors (Lipinski definition) is 6. The van der Waals surface area contributed by atoms with Gasteiger partial charge >= 0.3 is 12.0 Å².